The number of benzene rings is 1. The number of hydrogen-bond donors (Lipinski definition) is 1. The number of hydrogen-bond acceptors (Lipinski definition) is 4. The van der Waals surface area contributed by atoms with E-state index >= 15 is 0 Å². The zero-order valence-electron chi connectivity index (χ0n) is 12.1. The molecule has 0 aliphatic rings. The molecule has 108 valence electrons. The van der Waals surface area contributed by atoms with E-state index in [0.29, 0.717) is 10.8 Å². The topological polar surface area (TPSA) is 58.9 Å². The van der Waals surface area contributed by atoms with Gasteiger partial charge in [0, 0.05) is 22.7 Å². The number of para-hydroxylation sites is 1. The Labute approximate surface area is 127 Å². The second-order valence-corrected chi connectivity index (χ2v) is 6.29. The van der Waals surface area contributed by atoms with E-state index in [1.165, 1.54) is 11.8 Å². The van der Waals surface area contributed by atoms with Gasteiger partial charge in [-0.1, -0.05) is 30.0 Å². The van der Waals surface area contributed by atoms with Crippen LogP contribution in [0.2, 0.25) is 0 Å². The smallest absolute Gasteiger partial charge is 0.256 e. The summed E-state index contributed by atoms with van der Waals surface area (Å²) < 4.78 is 5.53. The van der Waals surface area contributed by atoms with Gasteiger partial charge in [-0.15, -0.1) is 0 Å². The van der Waals surface area contributed by atoms with E-state index < -0.39 is 0 Å². The van der Waals surface area contributed by atoms with Gasteiger partial charge in [0.15, 0.2) is 5.78 Å². The number of thioether (sulfide) groups is 1. The van der Waals surface area contributed by atoms with Crippen molar-refractivity contribution in [1.82, 2.24) is 9.97 Å². The molecule has 1 N–H and O–H groups in total. The number of aromatic amines is 1. The van der Waals surface area contributed by atoms with E-state index in [4.69, 9.17) is 4.42 Å². The largest absolute Gasteiger partial charge is 0.437 e. The Balaban J connectivity index is 1.84. The number of carbonyl (C=O) groups is 1. The van der Waals surface area contributed by atoms with Crippen molar-refractivity contribution < 1.29 is 9.21 Å². The normalized spacial score (nSPS) is 12.7. The van der Waals surface area contributed by atoms with Crippen molar-refractivity contribution in [1.29, 1.82) is 0 Å². The average molecular weight is 300 g/mol. The van der Waals surface area contributed by atoms with Crippen LogP contribution in [0.5, 0.6) is 0 Å². The lowest BCUT2D eigenvalue weighted by Crippen LogP contribution is -2.13. The monoisotopic (exact) mass is 300 g/mol. The van der Waals surface area contributed by atoms with Crippen molar-refractivity contribution >= 4 is 28.4 Å². The van der Waals surface area contributed by atoms with Gasteiger partial charge in [-0.25, -0.2) is 4.98 Å². The number of H-pyrrole nitrogens is 1. The zero-order valence-corrected chi connectivity index (χ0v) is 13.0. The van der Waals surface area contributed by atoms with Crippen molar-refractivity contribution in [2.24, 2.45) is 0 Å². The summed E-state index contributed by atoms with van der Waals surface area (Å²) in [5.41, 5.74) is 2.55. The van der Waals surface area contributed by atoms with Crippen LogP contribution in [0, 0.1) is 13.8 Å². The van der Waals surface area contributed by atoms with Crippen LogP contribution in [-0.4, -0.2) is 21.0 Å². The number of aromatic nitrogens is 2. The van der Waals surface area contributed by atoms with Crippen molar-refractivity contribution in [2.45, 2.75) is 31.2 Å². The van der Waals surface area contributed by atoms with Gasteiger partial charge in [0.25, 0.3) is 5.22 Å². The maximum absolute atomic E-state index is 12.6. The Morgan fingerprint density at radius 1 is 1.33 bits per heavy atom. The van der Waals surface area contributed by atoms with Gasteiger partial charge < -0.3 is 9.40 Å². The summed E-state index contributed by atoms with van der Waals surface area (Å²) in [5.74, 6) is 0.871. The summed E-state index contributed by atoms with van der Waals surface area (Å²) in [4.78, 5) is 20.0. The molecule has 1 aromatic carbocycles. The first-order chi connectivity index (χ1) is 10.1. The Morgan fingerprint density at radius 3 is 2.81 bits per heavy atom. The molecule has 0 spiro atoms. The highest BCUT2D eigenvalue weighted by Gasteiger charge is 2.22. The molecule has 0 fully saturated rings. The van der Waals surface area contributed by atoms with Crippen LogP contribution in [0.4, 0.5) is 0 Å². The second-order valence-electron chi connectivity index (χ2n) is 4.99. The Bertz CT molecular complexity index is 784. The fourth-order valence-electron chi connectivity index (χ4n) is 2.19. The first-order valence-corrected chi connectivity index (χ1v) is 7.65. The van der Waals surface area contributed by atoms with Crippen LogP contribution in [0.25, 0.3) is 10.9 Å². The Kier molecular flexibility index (Phi) is 3.59. The summed E-state index contributed by atoms with van der Waals surface area (Å²) in [6.45, 7) is 5.65. The number of oxazole rings is 1. The van der Waals surface area contributed by atoms with Crippen LogP contribution in [0.15, 0.2) is 40.1 Å². The number of carbonyl (C=O) groups excluding carboxylic acids is 1. The lowest BCUT2D eigenvalue weighted by Gasteiger charge is -2.06. The lowest BCUT2D eigenvalue weighted by molar-refractivity contribution is 0.0995. The molecule has 0 saturated carbocycles. The molecule has 0 radical (unpaired) electrons. The summed E-state index contributed by atoms with van der Waals surface area (Å²) in [6, 6.07) is 7.80. The number of Topliss-reactive ketones (excluding diaryl/α,β-unsaturated/α-hetero) is 1. The fraction of sp³-hybridized carbons (Fsp3) is 0.250. The molecule has 5 heteroatoms. The van der Waals surface area contributed by atoms with Crippen LogP contribution >= 0.6 is 11.8 Å². The second kappa shape index (κ2) is 5.41. The summed E-state index contributed by atoms with van der Waals surface area (Å²) in [6.07, 6.45) is 1.77. The van der Waals surface area contributed by atoms with E-state index in [0.717, 1.165) is 22.4 Å². The maximum Gasteiger partial charge on any atom is 0.256 e. The lowest BCUT2D eigenvalue weighted by atomic mass is 10.1. The molecule has 3 rings (SSSR count). The van der Waals surface area contributed by atoms with Crippen LogP contribution in [0.1, 0.15) is 28.7 Å². The standard InChI is InChI=1S/C16H16N2O2S/c1-9-10(2)20-16(18-9)21-11(3)15(19)13-8-17-14-7-5-4-6-12(13)14/h4-8,11,17H,1-3H3. The summed E-state index contributed by atoms with van der Waals surface area (Å²) in [5, 5.41) is 1.25. The molecule has 2 aromatic heterocycles. The van der Waals surface area contributed by atoms with Gasteiger partial charge >= 0.3 is 0 Å². The molecule has 0 bridgehead atoms. The third kappa shape index (κ3) is 2.61. The predicted octanol–water partition coefficient (Wildman–Crippen LogP) is 4.14. The van der Waals surface area contributed by atoms with E-state index in [1.54, 1.807) is 6.20 Å². The average Bonchev–Trinajstić information content (AvgIpc) is 3.02. The first-order valence-electron chi connectivity index (χ1n) is 6.77. The van der Waals surface area contributed by atoms with Crippen LogP contribution < -0.4 is 0 Å². The van der Waals surface area contributed by atoms with E-state index in [2.05, 4.69) is 9.97 Å². The number of fused-ring (bicyclic) bond motifs is 1. The van der Waals surface area contributed by atoms with Gasteiger partial charge in [-0.05, 0) is 26.8 Å². The third-order valence-electron chi connectivity index (χ3n) is 3.51. The van der Waals surface area contributed by atoms with Gasteiger partial charge in [0.1, 0.15) is 5.76 Å². The maximum atomic E-state index is 12.6. The fourth-order valence-corrected chi connectivity index (χ4v) is 3.09. The molecule has 3 aromatic rings. The summed E-state index contributed by atoms with van der Waals surface area (Å²) in [7, 11) is 0. The van der Waals surface area contributed by atoms with E-state index in [9.17, 15) is 4.79 Å². The summed E-state index contributed by atoms with van der Waals surface area (Å²) >= 11 is 1.35. The molecule has 21 heavy (non-hydrogen) atoms. The van der Waals surface area contributed by atoms with Gasteiger partial charge in [-0.2, -0.15) is 0 Å². The van der Waals surface area contributed by atoms with Gasteiger partial charge in [0.05, 0.1) is 10.9 Å². The van der Waals surface area contributed by atoms with Crippen molar-refractivity contribution in [2.75, 3.05) is 0 Å². The Hall–Kier alpha value is -2.01. The van der Waals surface area contributed by atoms with Crippen molar-refractivity contribution in [3.05, 3.63) is 47.5 Å². The highest BCUT2D eigenvalue weighted by Crippen LogP contribution is 2.28. The molecular formula is C16H16N2O2S. The number of nitrogens with one attached hydrogen (secondary N) is 1. The number of aryl methyl sites for hydroxylation is 2. The first kappa shape index (κ1) is 13.9. The van der Waals surface area contributed by atoms with E-state index in [-0.39, 0.29) is 11.0 Å². The van der Waals surface area contributed by atoms with E-state index in [1.807, 2.05) is 45.0 Å². The number of ketones is 1. The molecule has 0 aliphatic carbocycles. The molecule has 2 heterocycles. The highest BCUT2D eigenvalue weighted by molar-refractivity contribution is 8.00. The van der Waals surface area contributed by atoms with Crippen molar-refractivity contribution in [3.63, 3.8) is 0 Å². The molecule has 0 saturated heterocycles. The number of rotatable bonds is 4. The van der Waals surface area contributed by atoms with Crippen molar-refractivity contribution in [3.8, 4) is 0 Å². The Morgan fingerprint density at radius 2 is 2.10 bits per heavy atom. The predicted molar refractivity (Wildman–Crippen MR) is 83.9 cm³/mol. The molecule has 0 aliphatic heterocycles. The SMILES string of the molecule is Cc1nc(SC(C)C(=O)c2c[nH]c3ccccc23)oc1C. The van der Waals surface area contributed by atoms with Gasteiger partial charge in [0.2, 0.25) is 0 Å². The minimum absolute atomic E-state index is 0.0750. The quantitative estimate of drug-likeness (QED) is 0.581. The van der Waals surface area contributed by atoms with Crippen LogP contribution in [0.3, 0.4) is 0 Å². The third-order valence-corrected chi connectivity index (χ3v) is 4.45. The molecule has 0 amide bonds. The molecule has 1 unspecified atom stereocenters. The molecule has 1 atom stereocenters. The number of nitrogens with zero attached hydrogens (tertiary/aromatic N) is 1. The molecule has 4 nitrogen and oxygen atoms in total. The van der Waals surface area contributed by atoms with Crippen LogP contribution in [-0.2, 0) is 0 Å². The minimum Gasteiger partial charge on any atom is -0.437 e. The molecular weight excluding hydrogens is 284 g/mol. The minimum atomic E-state index is -0.248. The zero-order chi connectivity index (χ0) is 15.0. The highest BCUT2D eigenvalue weighted by atomic mass is 32.2. The van der Waals surface area contributed by atoms with Gasteiger partial charge in [-0.3, -0.25) is 4.79 Å².